The summed E-state index contributed by atoms with van der Waals surface area (Å²) >= 11 is 0. The summed E-state index contributed by atoms with van der Waals surface area (Å²) in [6.45, 7) is 1.99. The molecule has 3 heteroatoms. The second-order valence-electron chi connectivity index (χ2n) is 1.99. The largest absolute Gasteiger partial charge is 0.390 e. The number of nitrogens with zero attached hydrogens (tertiary/aromatic N) is 1. The fourth-order valence-corrected chi connectivity index (χ4v) is 0.592. The van der Waals surface area contributed by atoms with Gasteiger partial charge in [0.15, 0.2) is 0 Å². The molecule has 0 unspecified atom stereocenters. The smallest absolute Gasteiger partial charge is 0.0852 e. The maximum absolute atomic E-state index is 8.57. The zero-order valence-corrected chi connectivity index (χ0v) is 10.7. The first-order chi connectivity index (χ1) is 4.33. The maximum Gasteiger partial charge on any atom is 0.0852 e. The Kier molecular flexibility index (Phi) is 5.52. The summed E-state index contributed by atoms with van der Waals surface area (Å²) in [5, 5.41) is 8.57. The van der Waals surface area contributed by atoms with E-state index in [1.807, 2.05) is 19.1 Å². The van der Waals surface area contributed by atoms with Crippen LogP contribution in [0.4, 0.5) is 0 Å². The molecule has 0 aliphatic rings. The molecule has 1 radical (unpaired) electrons. The van der Waals surface area contributed by atoms with Crippen molar-refractivity contribution in [1.82, 2.24) is 4.98 Å². The second kappa shape index (κ2) is 5.23. The molecular weight excluding hydrogens is 341 g/mol. The number of rotatable bonds is 1. The van der Waals surface area contributed by atoms with Gasteiger partial charge in [-0.2, -0.15) is 0 Å². The molecule has 0 fully saturated rings. The molecule has 0 spiro atoms. The van der Waals surface area contributed by atoms with Crippen molar-refractivity contribution in [2.45, 2.75) is 13.5 Å². The summed E-state index contributed by atoms with van der Waals surface area (Å²) in [6.07, 6.45) is 1.74. The van der Waals surface area contributed by atoms with Gasteiger partial charge in [0.25, 0.3) is 0 Å². The number of aromatic nitrogens is 1. The Morgan fingerprint density at radius 1 is 1.50 bits per heavy atom. The summed E-state index contributed by atoms with van der Waals surface area (Å²) in [4.78, 5) is 3.95. The number of hydrogen-bond donors (Lipinski definition) is 1. The minimum absolute atomic E-state index is 0. The molecular formula is C7H9AcNO. The van der Waals surface area contributed by atoms with Gasteiger partial charge in [0.2, 0.25) is 0 Å². The predicted molar refractivity (Wildman–Crippen MR) is 34.9 cm³/mol. The minimum atomic E-state index is 0. The zero-order chi connectivity index (χ0) is 6.69. The summed E-state index contributed by atoms with van der Waals surface area (Å²) in [6, 6.07) is 3.74. The van der Waals surface area contributed by atoms with Crippen molar-refractivity contribution in [1.29, 1.82) is 0 Å². The third-order valence-corrected chi connectivity index (χ3v) is 1.13. The van der Waals surface area contributed by atoms with E-state index in [0.717, 1.165) is 11.3 Å². The third kappa shape index (κ3) is 3.10. The van der Waals surface area contributed by atoms with Crippen molar-refractivity contribution < 1.29 is 49.2 Å². The van der Waals surface area contributed by atoms with Crippen molar-refractivity contribution in [2.75, 3.05) is 0 Å². The predicted octanol–water partition coefficient (Wildman–Crippen LogP) is 0.882. The molecule has 0 amide bonds. The molecule has 1 aromatic rings. The number of hydrogen-bond acceptors (Lipinski definition) is 2. The average Bonchev–Trinajstić information content (AvgIpc) is 1.90. The molecule has 1 heterocycles. The van der Waals surface area contributed by atoms with Gasteiger partial charge in [-0.3, -0.25) is 4.98 Å². The van der Waals surface area contributed by atoms with E-state index < -0.39 is 0 Å². The Balaban J connectivity index is 0.000000810. The van der Waals surface area contributed by atoms with Crippen LogP contribution in [0.5, 0.6) is 0 Å². The van der Waals surface area contributed by atoms with Gasteiger partial charge in [0.1, 0.15) is 0 Å². The minimum Gasteiger partial charge on any atom is -0.390 e. The molecule has 0 aliphatic carbocycles. The second-order valence-corrected chi connectivity index (χ2v) is 1.99. The monoisotopic (exact) mass is 350 g/mol. The molecule has 1 rings (SSSR count). The van der Waals surface area contributed by atoms with Crippen LogP contribution in [0.25, 0.3) is 0 Å². The molecule has 2 nitrogen and oxygen atoms in total. The van der Waals surface area contributed by atoms with Crippen LogP contribution < -0.4 is 0 Å². The third-order valence-electron chi connectivity index (χ3n) is 1.13. The zero-order valence-electron chi connectivity index (χ0n) is 5.91. The molecule has 0 atom stereocenters. The van der Waals surface area contributed by atoms with Crippen molar-refractivity contribution in [3.8, 4) is 0 Å². The van der Waals surface area contributed by atoms with E-state index in [0.29, 0.717) is 0 Å². The van der Waals surface area contributed by atoms with Crippen LogP contribution in [-0.2, 0) is 6.61 Å². The Labute approximate surface area is 96.2 Å². The molecule has 0 aromatic carbocycles. The van der Waals surface area contributed by atoms with Gasteiger partial charge >= 0.3 is 0 Å². The Morgan fingerprint density at radius 2 is 2.20 bits per heavy atom. The number of aryl methyl sites for hydroxylation is 1. The number of aliphatic hydroxyl groups is 1. The first-order valence-electron chi connectivity index (χ1n) is 2.85. The van der Waals surface area contributed by atoms with Gasteiger partial charge in [-0.25, -0.2) is 0 Å². The Morgan fingerprint density at radius 3 is 2.60 bits per heavy atom. The van der Waals surface area contributed by atoms with E-state index >= 15 is 0 Å². The van der Waals surface area contributed by atoms with Crippen LogP contribution in [0.2, 0.25) is 0 Å². The molecule has 10 heavy (non-hydrogen) atoms. The summed E-state index contributed by atoms with van der Waals surface area (Å²) in [5.41, 5.74) is 1.84. The maximum atomic E-state index is 8.57. The molecule has 0 saturated carbocycles. The van der Waals surface area contributed by atoms with Gasteiger partial charge in [-0.05, 0) is 18.6 Å². The standard InChI is InChI=1S/C7H9NO.Ac/c1-6-2-3-7(5-9)8-4-6;/h2-4,9H,5H2,1H3;. The Bertz CT molecular complexity index is 185. The fraction of sp³-hybridized carbons (Fsp3) is 0.286. The van der Waals surface area contributed by atoms with E-state index in [1.165, 1.54) is 0 Å². The van der Waals surface area contributed by atoms with E-state index in [-0.39, 0.29) is 50.7 Å². The van der Waals surface area contributed by atoms with Crippen molar-refractivity contribution in [2.24, 2.45) is 0 Å². The topological polar surface area (TPSA) is 33.1 Å². The van der Waals surface area contributed by atoms with Gasteiger partial charge in [-0.1, -0.05) is 6.07 Å². The Hall–Kier alpha value is 0.552. The van der Waals surface area contributed by atoms with Crippen molar-refractivity contribution in [3.63, 3.8) is 0 Å². The SMILES string of the molecule is Cc1ccc(CO)nc1.[Ac]. The number of aliphatic hydroxyl groups excluding tert-OH is 1. The van der Waals surface area contributed by atoms with Crippen LogP contribution in [0, 0.1) is 51.0 Å². The summed E-state index contributed by atoms with van der Waals surface area (Å²) in [7, 11) is 0. The summed E-state index contributed by atoms with van der Waals surface area (Å²) in [5.74, 6) is 0. The van der Waals surface area contributed by atoms with Crippen LogP contribution >= 0.6 is 0 Å². The number of pyridine rings is 1. The van der Waals surface area contributed by atoms with Gasteiger partial charge in [0.05, 0.1) is 12.3 Å². The summed E-state index contributed by atoms with van der Waals surface area (Å²) < 4.78 is 0. The normalized spacial score (nSPS) is 8.60. The van der Waals surface area contributed by atoms with E-state index in [4.69, 9.17) is 5.11 Å². The molecule has 0 bridgehead atoms. The molecule has 1 N–H and O–H groups in total. The van der Waals surface area contributed by atoms with Crippen LogP contribution in [-0.4, -0.2) is 10.1 Å². The van der Waals surface area contributed by atoms with Gasteiger partial charge in [-0.15, -0.1) is 0 Å². The van der Waals surface area contributed by atoms with E-state index in [9.17, 15) is 0 Å². The van der Waals surface area contributed by atoms with E-state index in [2.05, 4.69) is 4.98 Å². The van der Waals surface area contributed by atoms with Gasteiger partial charge in [0, 0.05) is 50.3 Å². The quantitative estimate of drug-likeness (QED) is 0.816. The molecule has 0 aliphatic heterocycles. The van der Waals surface area contributed by atoms with E-state index in [1.54, 1.807) is 6.20 Å². The van der Waals surface area contributed by atoms with Crippen LogP contribution in [0.3, 0.4) is 0 Å². The fourth-order valence-electron chi connectivity index (χ4n) is 0.592. The molecule has 51 valence electrons. The van der Waals surface area contributed by atoms with Crippen molar-refractivity contribution in [3.05, 3.63) is 29.6 Å². The van der Waals surface area contributed by atoms with Crippen LogP contribution in [0.15, 0.2) is 18.3 Å². The first kappa shape index (κ1) is 10.6. The molecule has 0 saturated heterocycles. The average molecular weight is 350 g/mol. The molecule has 1 aromatic heterocycles. The van der Waals surface area contributed by atoms with Crippen LogP contribution in [0.1, 0.15) is 11.3 Å². The first-order valence-corrected chi connectivity index (χ1v) is 2.85. The van der Waals surface area contributed by atoms with Gasteiger partial charge < -0.3 is 5.11 Å². The van der Waals surface area contributed by atoms with Crippen molar-refractivity contribution >= 4 is 0 Å².